The minimum absolute atomic E-state index is 0.0429. The third kappa shape index (κ3) is 6.54. The summed E-state index contributed by atoms with van der Waals surface area (Å²) in [5.74, 6) is 0.668. The number of hydrogen-bond donors (Lipinski definition) is 4. The number of aliphatic hydroxyl groups is 3. The molecule has 0 aliphatic carbocycles. The Balaban J connectivity index is 1.59. The highest BCUT2D eigenvalue weighted by molar-refractivity contribution is 7.93. The molecule has 0 bridgehead atoms. The zero-order valence-corrected chi connectivity index (χ0v) is 25.1. The Morgan fingerprint density at radius 3 is 2.29 bits per heavy atom. The normalized spacial score (nSPS) is 23.4. The van der Waals surface area contributed by atoms with Crippen molar-refractivity contribution in [1.82, 2.24) is 4.72 Å². The molecular formula is C31H39N3O7S. The quantitative estimate of drug-likeness (QED) is 0.239. The van der Waals surface area contributed by atoms with E-state index in [-0.39, 0.29) is 11.3 Å². The SMILES string of the molecule is CCCN(CCC)c1ccc2cc(-c3ccc(/C(C)=C(\C#N)S(=O)(=O)N[C@H]4C(O)O[C@H](CC)[C@@H](O)[C@@H]4O)o3)ccc2c1. The van der Waals surface area contributed by atoms with Gasteiger partial charge in [0.2, 0.25) is 0 Å². The fourth-order valence-electron chi connectivity index (χ4n) is 5.29. The third-order valence-corrected chi connectivity index (χ3v) is 9.08. The van der Waals surface area contributed by atoms with E-state index in [1.165, 1.54) is 12.6 Å². The van der Waals surface area contributed by atoms with E-state index in [0.29, 0.717) is 12.2 Å². The van der Waals surface area contributed by atoms with Crippen molar-refractivity contribution in [1.29, 1.82) is 5.26 Å². The Morgan fingerprint density at radius 1 is 0.976 bits per heavy atom. The molecule has 226 valence electrons. The van der Waals surface area contributed by atoms with Crippen LogP contribution in [0.5, 0.6) is 0 Å². The summed E-state index contributed by atoms with van der Waals surface area (Å²) in [6.45, 7) is 9.45. The van der Waals surface area contributed by atoms with Crippen LogP contribution in [-0.4, -0.2) is 67.5 Å². The molecule has 10 nitrogen and oxygen atoms in total. The molecule has 11 heteroatoms. The third-order valence-electron chi connectivity index (χ3n) is 7.56. The first kappa shape index (κ1) is 31.7. The molecule has 0 saturated carbocycles. The number of allylic oxidation sites excluding steroid dienone is 2. The van der Waals surface area contributed by atoms with E-state index in [0.717, 1.165) is 42.3 Å². The summed E-state index contributed by atoms with van der Waals surface area (Å²) in [6.07, 6.45) is -3.21. The Labute approximate surface area is 246 Å². The number of rotatable bonds is 11. The van der Waals surface area contributed by atoms with Crippen molar-refractivity contribution in [2.45, 2.75) is 77.6 Å². The monoisotopic (exact) mass is 597 g/mol. The maximum atomic E-state index is 13.2. The highest BCUT2D eigenvalue weighted by atomic mass is 32.2. The highest BCUT2D eigenvalue weighted by Gasteiger charge is 2.45. The predicted octanol–water partition coefficient (Wildman–Crippen LogP) is 4.12. The number of ether oxygens (including phenoxy) is 1. The van der Waals surface area contributed by atoms with Crippen LogP contribution in [0.4, 0.5) is 5.69 Å². The second-order valence-corrected chi connectivity index (χ2v) is 12.2. The number of sulfonamides is 1. The lowest BCUT2D eigenvalue weighted by atomic mass is 9.96. The van der Waals surface area contributed by atoms with E-state index in [4.69, 9.17) is 9.15 Å². The zero-order chi connectivity index (χ0) is 30.6. The lowest BCUT2D eigenvalue weighted by molar-refractivity contribution is -0.244. The number of anilines is 1. The van der Waals surface area contributed by atoms with E-state index in [9.17, 15) is 29.0 Å². The number of aliphatic hydroxyl groups excluding tert-OH is 3. The molecule has 1 aliphatic rings. The maximum Gasteiger partial charge on any atom is 0.251 e. The minimum Gasteiger partial charge on any atom is -0.456 e. The standard InChI is InChI=1S/C31H39N3O7S/c1-5-14-34(15-6-2)23-11-10-20-16-22(9-8-21(20)17-23)26-13-12-25(40-26)19(4)27(18-32)42(38,39)33-28-30(36)29(35)24(7-3)41-31(28)37/h8-13,16-17,24,28-31,33,35-37H,5-7,14-15H2,1-4H3/b27-19+/t24-,28-,29-,30-,31?/m1/s1. The number of furan rings is 1. The van der Waals surface area contributed by atoms with Crippen LogP contribution < -0.4 is 9.62 Å². The summed E-state index contributed by atoms with van der Waals surface area (Å²) in [7, 11) is -4.54. The van der Waals surface area contributed by atoms with Crippen LogP contribution in [0.15, 0.2) is 57.9 Å². The Hall–Kier alpha value is -3.24. The van der Waals surface area contributed by atoms with Gasteiger partial charge in [-0.1, -0.05) is 39.0 Å². The second kappa shape index (κ2) is 13.4. The molecule has 2 heterocycles. The van der Waals surface area contributed by atoms with Crippen molar-refractivity contribution in [2.75, 3.05) is 18.0 Å². The average Bonchev–Trinajstić information content (AvgIpc) is 3.47. The second-order valence-electron chi connectivity index (χ2n) is 10.6. The first-order chi connectivity index (χ1) is 20.0. The molecular weight excluding hydrogens is 558 g/mol. The molecule has 1 aromatic heterocycles. The molecule has 1 unspecified atom stereocenters. The van der Waals surface area contributed by atoms with Gasteiger partial charge in [-0.3, -0.25) is 0 Å². The summed E-state index contributed by atoms with van der Waals surface area (Å²) < 4.78 is 39.7. The van der Waals surface area contributed by atoms with Gasteiger partial charge in [0.05, 0.1) is 6.10 Å². The van der Waals surface area contributed by atoms with E-state index in [1.807, 2.05) is 18.2 Å². The number of nitrogens with one attached hydrogen (secondary N) is 1. The molecule has 0 spiro atoms. The Kier molecular flexibility index (Phi) is 10.1. The summed E-state index contributed by atoms with van der Waals surface area (Å²) in [5.41, 5.74) is 2.01. The van der Waals surface area contributed by atoms with Gasteiger partial charge in [0.15, 0.2) is 11.2 Å². The van der Waals surface area contributed by atoms with E-state index in [2.05, 4.69) is 41.7 Å². The van der Waals surface area contributed by atoms with Crippen LogP contribution in [0.3, 0.4) is 0 Å². The van der Waals surface area contributed by atoms with Gasteiger partial charge >= 0.3 is 0 Å². The summed E-state index contributed by atoms with van der Waals surface area (Å²) >= 11 is 0. The highest BCUT2D eigenvalue weighted by Crippen LogP contribution is 2.32. The van der Waals surface area contributed by atoms with Gasteiger partial charge in [0, 0.05) is 29.9 Å². The molecule has 2 aromatic carbocycles. The number of hydrogen-bond acceptors (Lipinski definition) is 9. The first-order valence-corrected chi connectivity index (χ1v) is 15.7. The lowest BCUT2D eigenvalue weighted by Gasteiger charge is -2.40. The van der Waals surface area contributed by atoms with Gasteiger partial charge in [-0.15, -0.1) is 0 Å². The molecule has 42 heavy (non-hydrogen) atoms. The van der Waals surface area contributed by atoms with Crippen LogP contribution in [0.1, 0.15) is 52.7 Å². The molecule has 3 aromatic rings. The van der Waals surface area contributed by atoms with Gasteiger partial charge in [0.25, 0.3) is 10.0 Å². The zero-order valence-electron chi connectivity index (χ0n) is 24.3. The van der Waals surface area contributed by atoms with Gasteiger partial charge in [0.1, 0.15) is 35.8 Å². The number of nitriles is 1. The number of benzene rings is 2. The smallest absolute Gasteiger partial charge is 0.251 e. The van der Waals surface area contributed by atoms with Gasteiger partial charge in [-0.05, 0) is 67.3 Å². The molecule has 1 fully saturated rings. The van der Waals surface area contributed by atoms with E-state index >= 15 is 0 Å². The molecule has 1 aliphatic heterocycles. The topological polar surface area (TPSA) is 156 Å². The van der Waals surface area contributed by atoms with Crippen LogP contribution in [0.2, 0.25) is 0 Å². The van der Waals surface area contributed by atoms with Crippen molar-refractivity contribution < 1.29 is 32.9 Å². The average molecular weight is 598 g/mol. The van der Waals surface area contributed by atoms with Gasteiger partial charge < -0.3 is 29.4 Å². The summed E-state index contributed by atoms with van der Waals surface area (Å²) in [5, 5.41) is 42.9. The van der Waals surface area contributed by atoms with Gasteiger partial charge in [-0.2, -0.15) is 9.98 Å². The molecule has 4 rings (SSSR count). The molecule has 0 radical (unpaired) electrons. The molecule has 0 amide bonds. The fraction of sp³-hybridized carbons (Fsp3) is 0.452. The fourth-order valence-corrected chi connectivity index (χ4v) is 6.65. The van der Waals surface area contributed by atoms with Crippen LogP contribution in [0.25, 0.3) is 27.7 Å². The minimum atomic E-state index is -4.54. The molecule has 4 N–H and O–H groups in total. The van der Waals surface area contributed by atoms with Crippen molar-refractivity contribution in [3.8, 4) is 17.4 Å². The Morgan fingerprint density at radius 2 is 1.64 bits per heavy atom. The molecule has 5 atom stereocenters. The van der Waals surface area contributed by atoms with Crippen LogP contribution in [0, 0.1) is 11.3 Å². The van der Waals surface area contributed by atoms with Crippen molar-refractivity contribution in [3.05, 3.63) is 59.2 Å². The molecule has 1 saturated heterocycles. The predicted molar refractivity (Wildman–Crippen MR) is 162 cm³/mol. The number of nitrogens with zero attached hydrogens (tertiary/aromatic N) is 2. The Bertz CT molecular complexity index is 1570. The van der Waals surface area contributed by atoms with E-state index < -0.39 is 45.6 Å². The van der Waals surface area contributed by atoms with Crippen LogP contribution >= 0.6 is 0 Å². The summed E-state index contributed by atoms with van der Waals surface area (Å²) in [4.78, 5) is 1.73. The van der Waals surface area contributed by atoms with Crippen LogP contribution in [-0.2, 0) is 14.8 Å². The van der Waals surface area contributed by atoms with Crippen molar-refractivity contribution in [2.24, 2.45) is 0 Å². The number of fused-ring (bicyclic) bond motifs is 1. The maximum absolute atomic E-state index is 13.2. The first-order valence-electron chi connectivity index (χ1n) is 14.3. The summed E-state index contributed by atoms with van der Waals surface area (Å²) in [6, 6.07) is 15.7. The van der Waals surface area contributed by atoms with Gasteiger partial charge in [-0.25, -0.2) is 8.42 Å². The van der Waals surface area contributed by atoms with E-state index in [1.54, 1.807) is 25.1 Å². The van der Waals surface area contributed by atoms with Crippen molar-refractivity contribution >= 4 is 32.1 Å². The largest absolute Gasteiger partial charge is 0.456 e. The van der Waals surface area contributed by atoms with Crippen molar-refractivity contribution in [3.63, 3.8) is 0 Å². The lowest BCUT2D eigenvalue weighted by Crippen LogP contribution is -2.63.